The van der Waals surface area contributed by atoms with Crippen LogP contribution in [-0.4, -0.2) is 30.4 Å². The van der Waals surface area contributed by atoms with E-state index in [9.17, 15) is 18.4 Å². The van der Waals surface area contributed by atoms with Crippen LogP contribution in [0.4, 0.5) is 8.78 Å². The van der Waals surface area contributed by atoms with E-state index in [0.717, 1.165) is 34.2 Å². The molecule has 126 valence electrons. The summed E-state index contributed by atoms with van der Waals surface area (Å²) in [6.45, 7) is 1.58. The van der Waals surface area contributed by atoms with Gasteiger partial charge < -0.3 is 9.64 Å². The van der Waals surface area contributed by atoms with Crippen LogP contribution in [0.5, 0.6) is 0 Å². The molecule has 0 heterocycles. The molecule has 0 N–H and O–H groups in total. The zero-order valence-electron chi connectivity index (χ0n) is 13.4. The molecule has 4 nitrogen and oxygen atoms in total. The fourth-order valence-corrected chi connectivity index (χ4v) is 2.24. The fourth-order valence-electron chi connectivity index (χ4n) is 2.24. The molecule has 0 aliphatic carbocycles. The van der Waals surface area contributed by atoms with E-state index < -0.39 is 29.1 Å². The highest BCUT2D eigenvalue weighted by Crippen LogP contribution is 2.16. The Morgan fingerprint density at radius 2 is 1.83 bits per heavy atom. The third-order valence-electron chi connectivity index (χ3n) is 3.62. The Bertz CT molecular complexity index is 762. The Morgan fingerprint density at radius 1 is 1.12 bits per heavy atom. The minimum Gasteiger partial charge on any atom is -0.468 e. The average Bonchev–Trinajstić information content (AvgIpc) is 2.57. The number of halogens is 2. The van der Waals surface area contributed by atoms with Gasteiger partial charge in [0.2, 0.25) is 0 Å². The first kappa shape index (κ1) is 17.6. The lowest BCUT2D eigenvalue weighted by atomic mass is 10.1. The van der Waals surface area contributed by atoms with Gasteiger partial charge in [0, 0.05) is 6.54 Å². The van der Waals surface area contributed by atoms with Crippen molar-refractivity contribution < 1.29 is 23.1 Å². The Balaban J connectivity index is 2.35. The second kappa shape index (κ2) is 7.68. The highest BCUT2D eigenvalue weighted by Gasteiger charge is 2.23. The molecule has 2 aromatic rings. The summed E-state index contributed by atoms with van der Waals surface area (Å²) in [5.74, 6) is -3.00. The predicted molar refractivity (Wildman–Crippen MR) is 84.3 cm³/mol. The molecule has 0 radical (unpaired) electrons. The van der Waals surface area contributed by atoms with Gasteiger partial charge in [-0.15, -0.1) is 0 Å². The van der Waals surface area contributed by atoms with Crippen molar-refractivity contribution in [2.45, 2.75) is 13.5 Å². The zero-order valence-corrected chi connectivity index (χ0v) is 13.4. The first-order valence-corrected chi connectivity index (χ1v) is 7.28. The molecule has 0 atom stereocenters. The second-order valence-corrected chi connectivity index (χ2v) is 5.29. The Morgan fingerprint density at radius 3 is 2.50 bits per heavy atom. The molecule has 0 saturated heterocycles. The molecule has 24 heavy (non-hydrogen) atoms. The SMILES string of the molecule is COC(=O)CN(Cc1ccccc1C)C(=O)c1cc(F)ccc1F. The van der Waals surface area contributed by atoms with Crippen molar-refractivity contribution in [3.63, 3.8) is 0 Å². The number of hydrogen-bond donors (Lipinski definition) is 0. The number of esters is 1. The number of hydrogen-bond acceptors (Lipinski definition) is 3. The molecular weight excluding hydrogens is 316 g/mol. The highest BCUT2D eigenvalue weighted by atomic mass is 19.1. The van der Waals surface area contributed by atoms with Crippen molar-refractivity contribution in [3.05, 3.63) is 70.8 Å². The number of benzene rings is 2. The van der Waals surface area contributed by atoms with Crippen LogP contribution in [0.3, 0.4) is 0 Å². The van der Waals surface area contributed by atoms with Crippen LogP contribution in [0.2, 0.25) is 0 Å². The molecule has 6 heteroatoms. The minimum atomic E-state index is -0.846. The molecule has 0 aromatic heterocycles. The van der Waals surface area contributed by atoms with Gasteiger partial charge in [-0.25, -0.2) is 8.78 Å². The summed E-state index contributed by atoms with van der Waals surface area (Å²) in [6, 6.07) is 9.93. The molecule has 0 bridgehead atoms. The van der Waals surface area contributed by atoms with Gasteiger partial charge in [-0.3, -0.25) is 9.59 Å². The summed E-state index contributed by atoms with van der Waals surface area (Å²) in [5.41, 5.74) is 1.29. The molecule has 1 amide bonds. The van der Waals surface area contributed by atoms with Crippen LogP contribution >= 0.6 is 0 Å². The first-order chi connectivity index (χ1) is 11.4. The van der Waals surface area contributed by atoms with Crippen molar-refractivity contribution >= 4 is 11.9 Å². The largest absolute Gasteiger partial charge is 0.468 e. The van der Waals surface area contributed by atoms with Crippen LogP contribution < -0.4 is 0 Å². The van der Waals surface area contributed by atoms with E-state index in [1.165, 1.54) is 7.11 Å². The van der Waals surface area contributed by atoms with Gasteiger partial charge in [-0.2, -0.15) is 0 Å². The first-order valence-electron chi connectivity index (χ1n) is 7.28. The highest BCUT2D eigenvalue weighted by molar-refractivity contribution is 5.96. The lowest BCUT2D eigenvalue weighted by Gasteiger charge is -2.23. The number of aryl methyl sites for hydroxylation is 1. The van der Waals surface area contributed by atoms with Crippen molar-refractivity contribution in [1.29, 1.82) is 0 Å². The van der Waals surface area contributed by atoms with E-state index in [1.54, 1.807) is 12.1 Å². The van der Waals surface area contributed by atoms with Gasteiger partial charge in [0.1, 0.15) is 18.2 Å². The molecule has 0 unspecified atom stereocenters. The van der Waals surface area contributed by atoms with E-state index >= 15 is 0 Å². The van der Waals surface area contributed by atoms with Gasteiger partial charge in [-0.05, 0) is 36.2 Å². The van der Waals surface area contributed by atoms with E-state index in [-0.39, 0.29) is 13.1 Å². The summed E-state index contributed by atoms with van der Waals surface area (Å²) < 4.78 is 31.8. The number of carbonyl (C=O) groups is 2. The third-order valence-corrected chi connectivity index (χ3v) is 3.62. The lowest BCUT2D eigenvalue weighted by molar-refractivity contribution is -0.141. The van der Waals surface area contributed by atoms with Crippen LogP contribution in [0.15, 0.2) is 42.5 Å². The van der Waals surface area contributed by atoms with Gasteiger partial charge in [-0.1, -0.05) is 24.3 Å². The summed E-state index contributed by atoms with van der Waals surface area (Å²) in [4.78, 5) is 25.3. The standard InChI is InChI=1S/C18H17F2NO3/c1-12-5-3-4-6-13(12)10-21(11-17(22)24-2)18(23)15-9-14(19)7-8-16(15)20/h3-9H,10-11H2,1-2H3. The number of methoxy groups -OCH3 is 1. The molecule has 2 rings (SSSR count). The summed E-state index contributed by atoms with van der Waals surface area (Å²) in [5, 5.41) is 0. The van der Waals surface area contributed by atoms with Crippen molar-refractivity contribution in [2.24, 2.45) is 0 Å². The topological polar surface area (TPSA) is 46.6 Å². The summed E-state index contributed by atoms with van der Waals surface area (Å²) in [7, 11) is 1.20. The maximum absolute atomic E-state index is 13.9. The monoisotopic (exact) mass is 333 g/mol. The normalized spacial score (nSPS) is 10.3. The zero-order chi connectivity index (χ0) is 17.7. The maximum Gasteiger partial charge on any atom is 0.325 e. The molecule has 0 aliphatic rings. The average molecular weight is 333 g/mol. The van der Waals surface area contributed by atoms with Gasteiger partial charge >= 0.3 is 5.97 Å². The second-order valence-electron chi connectivity index (χ2n) is 5.29. The Labute approximate surface area is 138 Å². The third kappa shape index (κ3) is 4.16. The van der Waals surface area contributed by atoms with Gasteiger partial charge in [0.05, 0.1) is 12.7 Å². The number of rotatable bonds is 5. The molecule has 0 fully saturated rings. The lowest BCUT2D eigenvalue weighted by Crippen LogP contribution is -2.36. The smallest absolute Gasteiger partial charge is 0.325 e. The van der Waals surface area contributed by atoms with Crippen molar-refractivity contribution in [2.75, 3.05) is 13.7 Å². The van der Waals surface area contributed by atoms with Gasteiger partial charge in [0.15, 0.2) is 0 Å². The van der Waals surface area contributed by atoms with Crippen LogP contribution in [0.25, 0.3) is 0 Å². The van der Waals surface area contributed by atoms with Crippen LogP contribution in [-0.2, 0) is 16.1 Å². The van der Waals surface area contributed by atoms with Crippen molar-refractivity contribution in [1.82, 2.24) is 4.90 Å². The van der Waals surface area contributed by atoms with Crippen LogP contribution in [0.1, 0.15) is 21.5 Å². The molecule has 2 aromatic carbocycles. The maximum atomic E-state index is 13.9. The van der Waals surface area contributed by atoms with E-state index in [4.69, 9.17) is 0 Å². The summed E-state index contributed by atoms with van der Waals surface area (Å²) in [6.07, 6.45) is 0. The molecule has 0 spiro atoms. The summed E-state index contributed by atoms with van der Waals surface area (Å²) >= 11 is 0. The van der Waals surface area contributed by atoms with Crippen molar-refractivity contribution in [3.8, 4) is 0 Å². The molecular formula is C18H17F2NO3. The van der Waals surface area contributed by atoms with E-state index in [2.05, 4.69) is 4.74 Å². The Kier molecular flexibility index (Phi) is 5.63. The Hall–Kier alpha value is -2.76. The van der Waals surface area contributed by atoms with Gasteiger partial charge in [0.25, 0.3) is 5.91 Å². The number of carbonyl (C=O) groups excluding carboxylic acids is 2. The van der Waals surface area contributed by atoms with E-state index in [1.807, 2.05) is 19.1 Å². The molecule has 0 saturated carbocycles. The number of nitrogens with zero attached hydrogens (tertiary/aromatic N) is 1. The number of amides is 1. The molecule has 0 aliphatic heterocycles. The minimum absolute atomic E-state index is 0.0799. The fraction of sp³-hybridized carbons (Fsp3) is 0.222. The quantitative estimate of drug-likeness (QED) is 0.790. The predicted octanol–water partition coefficient (Wildman–Crippen LogP) is 3.09. The van der Waals surface area contributed by atoms with Crippen LogP contribution in [0, 0.1) is 18.6 Å². The van der Waals surface area contributed by atoms with E-state index in [0.29, 0.717) is 0 Å². The number of ether oxygens (including phenoxy) is 1.